The van der Waals surface area contributed by atoms with Crippen LogP contribution in [0.1, 0.15) is 25.7 Å². The molecule has 3 heterocycles. The predicted octanol–water partition coefficient (Wildman–Crippen LogP) is 2.63. The fraction of sp³-hybridized carbons (Fsp3) is 0.440. The van der Waals surface area contributed by atoms with Gasteiger partial charge in [-0.05, 0) is 43.2 Å². The van der Waals surface area contributed by atoms with E-state index in [0.29, 0.717) is 49.2 Å². The molecule has 2 aromatic carbocycles. The first kappa shape index (κ1) is 24.4. The minimum atomic E-state index is -3.68. The molecule has 2 fully saturated rings. The van der Waals surface area contributed by atoms with Gasteiger partial charge in [0.1, 0.15) is 19.0 Å². The SMILES string of the molecule is COc1ccc(S(=O)(=O)N2CCCCC2)cc1NC(=O)[C@@H]1CC(=O)N(c2ccc3c(c2)OCCO3)C1. The van der Waals surface area contributed by atoms with Crippen LogP contribution >= 0.6 is 0 Å². The quantitative estimate of drug-likeness (QED) is 0.629. The maximum Gasteiger partial charge on any atom is 0.243 e. The van der Waals surface area contributed by atoms with E-state index in [0.717, 1.165) is 19.3 Å². The highest BCUT2D eigenvalue weighted by Crippen LogP contribution is 2.36. The number of nitrogens with one attached hydrogen (secondary N) is 1. The van der Waals surface area contributed by atoms with Gasteiger partial charge in [0.05, 0.1) is 23.6 Å². The number of hydrogen-bond donors (Lipinski definition) is 1. The molecule has 2 aromatic rings. The smallest absolute Gasteiger partial charge is 0.243 e. The number of anilines is 2. The summed E-state index contributed by atoms with van der Waals surface area (Å²) < 4.78 is 44.2. The molecule has 5 rings (SSSR count). The highest BCUT2D eigenvalue weighted by atomic mass is 32.2. The molecule has 0 saturated carbocycles. The minimum absolute atomic E-state index is 0.0361. The molecule has 2 saturated heterocycles. The van der Waals surface area contributed by atoms with E-state index in [4.69, 9.17) is 14.2 Å². The Kier molecular flexibility index (Phi) is 6.76. The van der Waals surface area contributed by atoms with E-state index in [-0.39, 0.29) is 35.4 Å². The molecule has 0 aliphatic carbocycles. The minimum Gasteiger partial charge on any atom is -0.495 e. The summed E-state index contributed by atoms with van der Waals surface area (Å²) in [7, 11) is -2.23. The van der Waals surface area contributed by atoms with Crippen molar-refractivity contribution in [3.63, 3.8) is 0 Å². The summed E-state index contributed by atoms with van der Waals surface area (Å²) in [5.41, 5.74) is 0.887. The molecule has 1 atom stereocenters. The Labute approximate surface area is 210 Å². The number of fused-ring (bicyclic) bond motifs is 1. The van der Waals surface area contributed by atoms with E-state index in [1.54, 1.807) is 23.1 Å². The van der Waals surface area contributed by atoms with Crippen molar-refractivity contribution in [2.75, 3.05) is 50.2 Å². The third kappa shape index (κ3) is 4.72. The highest BCUT2D eigenvalue weighted by Gasteiger charge is 2.36. The molecule has 11 heteroatoms. The Morgan fingerprint density at radius 3 is 2.53 bits per heavy atom. The summed E-state index contributed by atoms with van der Waals surface area (Å²) in [5.74, 6) is 0.356. The number of ether oxygens (including phenoxy) is 3. The van der Waals surface area contributed by atoms with Gasteiger partial charge in [-0.25, -0.2) is 8.42 Å². The van der Waals surface area contributed by atoms with E-state index in [1.807, 2.05) is 0 Å². The Hall–Kier alpha value is -3.31. The summed E-state index contributed by atoms with van der Waals surface area (Å²) >= 11 is 0. The van der Waals surface area contributed by atoms with Crippen molar-refractivity contribution in [1.82, 2.24) is 4.31 Å². The van der Waals surface area contributed by atoms with Crippen LogP contribution in [0.25, 0.3) is 0 Å². The first-order chi connectivity index (χ1) is 17.4. The molecule has 10 nitrogen and oxygen atoms in total. The van der Waals surface area contributed by atoms with E-state index in [1.165, 1.54) is 29.6 Å². The number of methoxy groups -OCH3 is 1. The van der Waals surface area contributed by atoms with E-state index < -0.39 is 15.9 Å². The zero-order valence-electron chi connectivity index (χ0n) is 20.1. The Balaban J connectivity index is 1.32. The summed E-state index contributed by atoms with van der Waals surface area (Å²) in [4.78, 5) is 27.6. The average molecular weight is 516 g/mol. The van der Waals surface area contributed by atoms with Gasteiger partial charge in [-0.1, -0.05) is 6.42 Å². The lowest BCUT2D eigenvalue weighted by Gasteiger charge is -2.26. The van der Waals surface area contributed by atoms with Crippen LogP contribution in [0, 0.1) is 5.92 Å². The van der Waals surface area contributed by atoms with Crippen molar-refractivity contribution in [2.24, 2.45) is 5.92 Å². The standard InChI is InChI=1S/C25H29N3O7S/c1-33-21-8-6-19(36(31,32)27-9-3-2-4-10-27)15-20(21)26-25(30)17-13-24(29)28(16-17)18-5-7-22-23(14-18)35-12-11-34-22/h5-8,14-15,17H,2-4,9-13,16H2,1H3,(H,26,30)/t17-/m1/s1. The van der Waals surface area contributed by atoms with E-state index >= 15 is 0 Å². The second-order valence-corrected chi connectivity index (χ2v) is 11.0. The summed E-state index contributed by atoms with van der Waals surface area (Å²) in [5, 5.41) is 2.79. The molecule has 3 aliphatic heterocycles. The number of amides is 2. The second kappa shape index (κ2) is 9.98. The molecule has 0 spiro atoms. The van der Waals surface area contributed by atoms with E-state index in [2.05, 4.69) is 5.32 Å². The van der Waals surface area contributed by atoms with Gasteiger partial charge in [0.25, 0.3) is 0 Å². The molecule has 1 N–H and O–H groups in total. The molecule has 0 aromatic heterocycles. The van der Waals surface area contributed by atoms with Crippen LogP contribution in [-0.2, 0) is 19.6 Å². The maximum absolute atomic E-state index is 13.2. The third-order valence-corrected chi connectivity index (χ3v) is 8.61. The first-order valence-corrected chi connectivity index (χ1v) is 13.5. The molecule has 192 valence electrons. The van der Waals surface area contributed by atoms with Crippen molar-refractivity contribution < 1.29 is 32.2 Å². The number of rotatable bonds is 6. The van der Waals surface area contributed by atoms with Gasteiger partial charge in [-0.3, -0.25) is 9.59 Å². The number of carbonyl (C=O) groups excluding carboxylic acids is 2. The van der Waals surface area contributed by atoms with Crippen LogP contribution in [0.5, 0.6) is 17.2 Å². The molecule has 3 aliphatic rings. The van der Waals surface area contributed by atoms with Crippen LogP contribution in [-0.4, -0.2) is 64.5 Å². The lowest BCUT2D eigenvalue weighted by Crippen LogP contribution is -2.35. The van der Waals surface area contributed by atoms with Crippen LogP contribution in [0.4, 0.5) is 11.4 Å². The summed E-state index contributed by atoms with van der Waals surface area (Å²) in [6, 6.07) is 9.71. The van der Waals surface area contributed by atoms with Crippen molar-refractivity contribution in [3.8, 4) is 17.2 Å². The van der Waals surface area contributed by atoms with Gasteiger partial charge in [0, 0.05) is 37.8 Å². The maximum atomic E-state index is 13.2. The summed E-state index contributed by atoms with van der Waals surface area (Å²) in [6.07, 6.45) is 2.71. The normalized spacial score (nSPS) is 20.3. The Bertz CT molecular complexity index is 1270. The van der Waals surface area contributed by atoms with Gasteiger partial charge in [-0.15, -0.1) is 0 Å². The molecular formula is C25H29N3O7S. The number of benzene rings is 2. The van der Waals surface area contributed by atoms with Crippen molar-refractivity contribution in [1.29, 1.82) is 0 Å². The van der Waals surface area contributed by atoms with Gasteiger partial charge < -0.3 is 24.4 Å². The average Bonchev–Trinajstić information content (AvgIpc) is 3.30. The molecule has 0 bridgehead atoms. The van der Waals surface area contributed by atoms with Gasteiger partial charge in [-0.2, -0.15) is 4.31 Å². The van der Waals surface area contributed by atoms with Gasteiger partial charge in [0.2, 0.25) is 21.8 Å². The number of hydrogen-bond acceptors (Lipinski definition) is 7. The second-order valence-electron chi connectivity index (χ2n) is 9.05. The van der Waals surface area contributed by atoms with Crippen LogP contribution < -0.4 is 24.4 Å². The van der Waals surface area contributed by atoms with Gasteiger partial charge >= 0.3 is 0 Å². The van der Waals surface area contributed by atoms with E-state index in [9.17, 15) is 18.0 Å². The zero-order valence-corrected chi connectivity index (χ0v) is 20.9. The Morgan fingerprint density at radius 2 is 1.78 bits per heavy atom. The molecule has 36 heavy (non-hydrogen) atoms. The molecule has 2 amide bonds. The lowest BCUT2D eigenvalue weighted by molar-refractivity contribution is -0.122. The monoisotopic (exact) mass is 515 g/mol. The van der Waals surface area contributed by atoms with Crippen LogP contribution in [0.2, 0.25) is 0 Å². The number of nitrogens with zero attached hydrogens (tertiary/aromatic N) is 2. The van der Waals surface area contributed by atoms with Crippen molar-refractivity contribution in [3.05, 3.63) is 36.4 Å². The van der Waals surface area contributed by atoms with Crippen molar-refractivity contribution in [2.45, 2.75) is 30.6 Å². The zero-order chi connectivity index (χ0) is 25.3. The first-order valence-electron chi connectivity index (χ1n) is 12.1. The third-order valence-electron chi connectivity index (χ3n) is 6.71. The van der Waals surface area contributed by atoms with Crippen molar-refractivity contribution >= 4 is 33.2 Å². The largest absolute Gasteiger partial charge is 0.495 e. The predicted molar refractivity (Wildman–Crippen MR) is 132 cm³/mol. The molecular weight excluding hydrogens is 486 g/mol. The number of piperidine rings is 1. The number of carbonyl (C=O) groups is 2. The Morgan fingerprint density at radius 1 is 1.03 bits per heavy atom. The summed E-state index contributed by atoms with van der Waals surface area (Å²) in [6.45, 7) is 2.06. The van der Waals surface area contributed by atoms with Crippen LogP contribution in [0.15, 0.2) is 41.3 Å². The van der Waals surface area contributed by atoms with Gasteiger partial charge in [0.15, 0.2) is 11.5 Å². The topological polar surface area (TPSA) is 114 Å². The number of sulfonamides is 1. The fourth-order valence-electron chi connectivity index (χ4n) is 4.77. The fourth-order valence-corrected chi connectivity index (χ4v) is 6.31. The lowest BCUT2D eigenvalue weighted by atomic mass is 10.1. The molecule has 0 radical (unpaired) electrons. The highest BCUT2D eigenvalue weighted by molar-refractivity contribution is 7.89. The molecule has 0 unspecified atom stereocenters. The van der Waals surface area contributed by atoms with Crippen LogP contribution in [0.3, 0.4) is 0 Å².